The van der Waals surface area contributed by atoms with Gasteiger partial charge in [0, 0.05) is 24.9 Å². The summed E-state index contributed by atoms with van der Waals surface area (Å²) in [6.07, 6.45) is 0.769. The lowest BCUT2D eigenvalue weighted by Crippen LogP contribution is -2.33. The topological polar surface area (TPSA) is 88.2 Å². The van der Waals surface area contributed by atoms with Crippen LogP contribution in [-0.2, 0) is 9.53 Å². The Balaban J connectivity index is 2.10. The summed E-state index contributed by atoms with van der Waals surface area (Å²) < 4.78 is 5.22. The zero-order valence-electron chi connectivity index (χ0n) is 10.7. The lowest BCUT2D eigenvalue weighted by atomic mass is 10.1. The number of ether oxygens (including phenoxy) is 1. The van der Waals surface area contributed by atoms with Gasteiger partial charge in [0.05, 0.1) is 12.5 Å². The second kappa shape index (κ2) is 5.71. The van der Waals surface area contributed by atoms with Crippen LogP contribution in [0.3, 0.4) is 0 Å². The molecule has 6 heteroatoms. The molecule has 1 atom stereocenters. The molecular formula is C13H17N3O3. The first-order valence-electron chi connectivity index (χ1n) is 6.06. The van der Waals surface area contributed by atoms with Gasteiger partial charge in [-0.25, -0.2) is 0 Å². The fraction of sp³-hybridized carbons (Fsp3) is 0.385. The number of oxime groups is 1. The van der Waals surface area contributed by atoms with E-state index in [0.29, 0.717) is 18.8 Å². The monoisotopic (exact) mass is 263 g/mol. The number of nitrogens with two attached hydrogens (primary N) is 1. The number of rotatable bonds is 3. The van der Waals surface area contributed by atoms with Gasteiger partial charge in [-0.15, -0.1) is 0 Å². The molecule has 0 aliphatic carbocycles. The summed E-state index contributed by atoms with van der Waals surface area (Å²) in [4.78, 5) is 13.8. The molecule has 3 N–H and O–H groups in total. The number of hydrogen-bond donors (Lipinski definition) is 2. The maximum Gasteiger partial charge on any atom is 0.232 e. The van der Waals surface area contributed by atoms with Gasteiger partial charge in [0.15, 0.2) is 5.84 Å². The van der Waals surface area contributed by atoms with Crippen LogP contribution >= 0.6 is 0 Å². The van der Waals surface area contributed by atoms with Crippen LogP contribution in [0.15, 0.2) is 29.4 Å². The summed E-state index contributed by atoms with van der Waals surface area (Å²) in [5, 5.41) is 11.5. The minimum Gasteiger partial charge on any atom is -0.409 e. The normalized spacial score (nSPS) is 19.4. The molecule has 1 aliphatic heterocycles. The average molecular weight is 263 g/mol. The first kappa shape index (κ1) is 13.4. The molecule has 1 unspecified atom stereocenters. The van der Waals surface area contributed by atoms with Gasteiger partial charge in [0.25, 0.3) is 0 Å². The van der Waals surface area contributed by atoms with Gasteiger partial charge in [-0.2, -0.15) is 0 Å². The zero-order chi connectivity index (χ0) is 13.8. The Hall–Kier alpha value is -2.08. The van der Waals surface area contributed by atoms with Crippen molar-refractivity contribution >= 4 is 17.4 Å². The van der Waals surface area contributed by atoms with Crippen molar-refractivity contribution in [1.29, 1.82) is 0 Å². The molecule has 0 saturated carbocycles. The fourth-order valence-corrected chi connectivity index (χ4v) is 2.04. The largest absolute Gasteiger partial charge is 0.409 e. The highest BCUT2D eigenvalue weighted by molar-refractivity contribution is 5.98. The third kappa shape index (κ3) is 2.85. The lowest BCUT2D eigenvalue weighted by Gasteiger charge is -2.20. The van der Waals surface area contributed by atoms with Crippen molar-refractivity contribution in [2.45, 2.75) is 6.42 Å². The molecule has 1 saturated heterocycles. The van der Waals surface area contributed by atoms with Crippen LogP contribution in [0.25, 0.3) is 0 Å². The summed E-state index contributed by atoms with van der Waals surface area (Å²) in [5.41, 5.74) is 6.86. The number of nitrogens with zero attached hydrogens (tertiary/aromatic N) is 2. The van der Waals surface area contributed by atoms with Crippen LogP contribution in [0.2, 0.25) is 0 Å². The molecule has 1 aromatic rings. The number of hydrogen-bond acceptors (Lipinski definition) is 4. The lowest BCUT2D eigenvalue weighted by molar-refractivity contribution is -0.122. The summed E-state index contributed by atoms with van der Waals surface area (Å²) in [5.74, 6) is 0.0347. The number of amidine groups is 1. The molecule has 6 nitrogen and oxygen atoms in total. The molecule has 1 aromatic carbocycles. The minimum atomic E-state index is -0.0613. The average Bonchev–Trinajstić information content (AvgIpc) is 2.99. The Bertz CT molecular complexity index is 478. The van der Waals surface area contributed by atoms with Crippen LogP contribution in [0.1, 0.15) is 12.0 Å². The van der Waals surface area contributed by atoms with Gasteiger partial charge >= 0.3 is 0 Å². The first-order chi connectivity index (χ1) is 9.13. The summed E-state index contributed by atoms with van der Waals surface area (Å²) in [6.45, 7) is 1.14. The Morgan fingerprint density at radius 3 is 2.68 bits per heavy atom. The Morgan fingerprint density at radius 1 is 1.47 bits per heavy atom. The van der Waals surface area contributed by atoms with Crippen molar-refractivity contribution in [2.24, 2.45) is 16.8 Å². The van der Waals surface area contributed by atoms with E-state index in [1.54, 1.807) is 36.2 Å². The second-order valence-electron chi connectivity index (χ2n) is 4.49. The van der Waals surface area contributed by atoms with Crippen molar-refractivity contribution in [3.8, 4) is 0 Å². The van der Waals surface area contributed by atoms with Crippen LogP contribution in [0.5, 0.6) is 0 Å². The summed E-state index contributed by atoms with van der Waals surface area (Å²) in [6, 6.07) is 6.95. The van der Waals surface area contributed by atoms with Gasteiger partial charge < -0.3 is 20.6 Å². The van der Waals surface area contributed by atoms with Crippen LogP contribution in [0, 0.1) is 5.92 Å². The van der Waals surface area contributed by atoms with Crippen molar-refractivity contribution in [3.05, 3.63) is 29.8 Å². The number of carbonyl (C=O) groups is 1. The second-order valence-corrected chi connectivity index (χ2v) is 4.49. The highest BCUT2D eigenvalue weighted by atomic mass is 16.5. The molecule has 0 radical (unpaired) electrons. The number of anilines is 1. The Morgan fingerprint density at radius 2 is 2.16 bits per heavy atom. The van der Waals surface area contributed by atoms with E-state index in [4.69, 9.17) is 15.7 Å². The van der Waals surface area contributed by atoms with Crippen molar-refractivity contribution in [2.75, 3.05) is 25.2 Å². The fourth-order valence-electron chi connectivity index (χ4n) is 2.04. The third-order valence-corrected chi connectivity index (χ3v) is 3.27. The van der Waals surface area contributed by atoms with E-state index in [1.807, 2.05) is 0 Å². The Kier molecular flexibility index (Phi) is 4.01. The van der Waals surface area contributed by atoms with E-state index in [1.165, 1.54) is 0 Å². The molecular weight excluding hydrogens is 246 g/mol. The molecule has 1 amide bonds. The van der Waals surface area contributed by atoms with Gasteiger partial charge in [0.1, 0.15) is 0 Å². The van der Waals surface area contributed by atoms with Crippen molar-refractivity contribution in [3.63, 3.8) is 0 Å². The quantitative estimate of drug-likeness (QED) is 0.365. The molecule has 0 spiro atoms. The molecule has 1 aliphatic rings. The maximum absolute atomic E-state index is 12.2. The van der Waals surface area contributed by atoms with Crippen molar-refractivity contribution in [1.82, 2.24) is 0 Å². The molecule has 0 aromatic heterocycles. The number of benzene rings is 1. The molecule has 2 rings (SSSR count). The smallest absolute Gasteiger partial charge is 0.232 e. The van der Waals surface area contributed by atoms with Gasteiger partial charge in [0.2, 0.25) is 5.91 Å². The van der Waals surface area contributed by atoms with E-state index in [0.717, 1.165) is 12.1 Å². The van der Waals surface area contributed by atoms with Gasteiger partial charge in [-0.3, -0.25) is 4.79 Å². The molecule has 1 heterocycles. The molecule has 102 valence electrons. The van der Waals surface area contributed by atoms with E-state index in [2.05, 4.69) is 5.16 Å². The van der Waals surface area contributed by atoms with Crippen LogP contribution in [0.4, 0.5) is 5.69 Å². The van der Waals surface area contributed by atoms with Gasteiger partial charge in [-0.1, -0.05) is 5.16 Å². The van der Waals surface area contributed by atoms with E-state index < -0.39 is 0 Å². The van der Waals surface area contributed by atoms with E-state index >= 15 is 0 Å². The summed E-state index contributed by atoms with van der Waals surface area (Å²) in [7, 11) is 1.74. The third-order valence-electron chi connectivity index (χ3n) is 3.27. The van der Waals surface area contributed by atoms with Crippen LogP contribution < -0.4 is 10.6 Å². The van der Waals surface area contributed by atoms with Crippen molar-refractivity contribution < 1.29 is 14.7 Å². The predicted octanol–water partition coefficient (Wildman–Crippen LogP) is 0.780. The molecule has 1 fully saturated rings. The Labute approximate surface area is 111 Å². The highest BCUT2D eigenvalue weighted by Gasteiger charge is 2.26. The zero-order valence-corrected chi connectivity index (χ0v) is 10.7. The van der Waals surface area contributed by atoms with E-state index in [-0.39, 0.29) is 17.7 Å². The SMILES string of the molecule is CN(C(=O)C1CCOC1)c1ccc(C(N)=NO)cc1. The summed E-state index contributed by atoms with van der Waals surface area (Å²) >= 11 is 0. The molecule has 0 bridgehead atoms. The molecule has 19 heavy (non-hydrogen) atoms. The highest BCUT2D eigenvalue weighted by Crippen LogP contribution is 2.20. The number of carbonyl (C=O) groups excluding carboxylic acids is 1. The van der Waals surface area contributed by atoms with Gasteiger partial charge in [-0.05, 0) is 30.7 Å². The standard InChI is InChI=1S/C13H17N3O3/c1-16(13(17)10-6-7-19-8-10)11-4-2-9(3-5-11)12(14)15-18/h2-5,10,18H,6-8H2,1H3,(H2,14,15). The van der Waals surface area contributed by atoms with Crippen LogP contribution in [-0.4, -0.2) is 37.2 Å². The predicted molar refractivity (Wildman–Crippen MR) is 71.3 cm³/mol. The minimum absolute atomic E-state index is 0.0460. The maximum atomic E-state index is 12.2. The number of amides is 1. The first-order valence-corrected chi connectivity index (χ1v) is 6.06. The van der Waals surface area contributed by atoms with E-state index in [9.17, 15) is 4.79 Å².